The van der Waals surface area contributed by atoms with E-state index in [4.69, 9.17) is 10.5 Å². The van der Waals surface area contributed by atoms with Crippen LogP contribution in [0.1, 0.15) is 33.6 Å². The summed E-state index contributed by atoms with van der Waals surface area (Å²) in [7, 11) is 1.65. The van der Waals surface area contributed by atoms with Crippen molar-refractivity contribution in [3.8, 4) is 0 Å². The summed E-state index contributed by atoms with van der Waals surface area (Å²) in [6, 6.07) is 0. The molecule has 13 heavy (non-hydrogen) atoms. The number of nitrogens with zero attached hydrogens (tertiary/aromatic N) is 1. The van der Waals surface area contributed by atoms with Crippen LogP contribution in [0.3, 0.4) is 0 Å². The zero-order valence-electron chi connectivity index (χ0n) is 8.85. The van der Waals surface area contributed by atoms with Crippen LogP contribution in [-0.2, 0) is 4.74 Å². The smallest absolute Gasteiger partial charge is 0.114 e. The summed E-state index contributed by atoms with van der Waals surface area (Å²) < 4.78 is 5.08. The molecule has 1 aliphatic rings. The van der Waals surface area contributed by atoms with E-state index < -0.39 is 0 Å². The molecule has 0 radical (unpaired) electrons. The maximum absolute atomic E-state index is 5.99. The predicted molar refractivity (Wildman–Crippen MR) is 54.6 cm³/mol. The lowest BCUT2D eigenvalue weighted by molar-refractivity contribution is 0.288. The minimum absolute atomic E-state index is 0.116. The van der Waals surface area contributed by atoms with Crippen molar-refractivity contribution >= 4 is 5.71 Å². The summed E-state index contributed by atoms with van der Waals surface area (Å²) in [6.45, 7) is 5.83. The van der Waals surface area contributed by atoms with Crippen molar-refractivity contribution in [2.24, 2.45) is 10.7 Å². The topological polar surface area (TPSA) is 47.6 Å². The Hall–Kier alpha value is -0.830. The normalized spacial score (nSPS) is 22.4. The van der Waals surface area contributed by atoms with Crippen LogP contribution in [-0.4, -0.2) is 18.4 Å². The molecular formula is C10H18N2O. The molecule has 0 atom stereocenters. The number of aliphatic imine (C=N–C) groups is 1. The largest absolute Gasteiger partial charge is 0.500 e. The van der Waals surface area contributed by atoms with Gasteiger partial charge in [-0.15, -0.1) is 0 Å². The Bertz CT molecular complexity index is 262. The lowest BCUT2D eigenvalue weighted by Crippen LogP contribution is -2.30. The van der Waals surface area contributed by atoms with Crippen molar-refractivity contribution in [1.82, 2.24) is 0 Å². The average Bonchev–Trinajstić information content (AvgIpc) is 2.83. The minimum Gasteiger partial charge on any atom is -0.500 e. The van der Waals surface area contributed by atoms with Crippen molar-refractivity contribution in [2.45, 2.75) is 39.2 Å². The molecule has 3 nitrogen and oxygen atoms in total. The van der Waals surface area contributed by atoms with Gasteiger partial charge in [-0.25, -0.2) is 0 Å². The van der Waals surface area contributed by atoms with Crippen molar-refractivity contribution in [2.75, 3.05) is 7.11 Å². The molecule has 74 valence electrons. The van der Waals surface area contributed by atoms with E-state index in [-0.39, 0.29) is 5.54 Å². The molecule has 3 heteroatoms. The van der Waals surface area contributed by atoms with Crippen LogP contribution >= 0.6 is 0 Å². The van der Waals surface area contributed by atoms with Gasteiger partial charge in [-0.1, -0.05) is 0 Å². The molecule has 1 saturated carbocycles. The third-order valence-corrected chi connectivity index (χ3v) is 2.66. The zero-order valence-corrected chi connectivity index (χ0v) is 8.85. The number of methoxy groups -OCH3 is 1. The summed E-state index contributed by atoms with van der Waals surface area (Å²) in [5, 5.41) is 0. The highest BCUT2D eigenvalue weighted by Gasteiger charge is 2.41. The van der Waals surface area contributed by atoms with Crippen LogP contribution in [0.15, 0.2) is 16.4 Å². The molecule has 0 aromatic rings. The number of nitrogens with two attached hydrogens (primary N) is 1. The Balaban J connectivity index is 2.75. The molecule has 0 saturated heterocycles. The molecule has 0 amide bonds. The summed E-state index contributed by atoms with van der Waals surface area (Å²) in [5.41, 5.74) is 7.80. The van der Waals surface area contributed by atoms with Gasteiger partial charge in [0, 0.05) is 5.71 Å². The van der Waals surface area contributed by atoms with Crippen molar-refractivity contribution < 1.29 is 4.74 Å². The molecule has 0 aliphatic heterocycles. The first-order chi connectivity index (χ1) is 5.99. The lowest BCUT2D eigenvalue weighted by Gasteiger charge is -2.09. The Morgan fingerprint density at radius 1 is 1.31 bits per heavy atom. The Kier molecular flexibility index (Phi) is 2.76. The van der Waals surface area contributed by atoms with Crippen LogP contribution in [0, 0.1) is 0 Å². The van der Waals surface area contributed by atoms with Gasteiger partial charge in [-0.3, -0.25) is 4.99 Å². The third-order valence-electron chi connectivity index (χ3n) is 2.66. The van der Waals surface area contributed by atoms with Gasteiger partial charge < -0.3 is 10.5 Å². The highest BCUT2D eigenvalue weighted by atomic mass is 16.5. The fourth-order valence-electron chi connectivity index (χ4n) is 1.09. The van der Waals surface area contributed by atoms with E-state index in [1.165, 1.54) is 0 Å². The number of hydrogen-bond acceptors (Lipinski definition) is 3. The second-order valence-corrected chi connectivity index (χ2v) is 3.70. The second kappa shape index (κ2) is 3.50. The highest BCUT2D eigenvalue weighted by Crippen LogP contribution is 2.34. The van der Waals surface area contributed by atoms with Crippen LogP contribution in [0.5, 0.6) is 0 Å². The molecule has 2 N–H and O–H groups in total. The minimum atomic E-state index is -0.116. The molecule has 0 bridgehead atoms. The first-order valence-corrected chi connectivity index (χ1v) is 4.56. The zero-order chi connectivity index (χ0) is 10.1. The van der Waals surface area contributed by atoms with Gasteiger partial charge in [0.05, 0.1) is 18.3 Å². The van der Waals surface area contributed by atoms with E-state index in [2.05, 4.69) is 4.99 Å². The molecule has 1 rings (SSSR count). The van der Waals surface area contributed by atoms with E-state index in [9.17, 15) is 0 Å². The maximum atomic E-state index is 5.99. The van der Waals surface area contributed by atoms with Gasteiger partial charge >= 0.3 is 0 Å². The van der Waals surface area contributed by atoms with Gasteiger partial charge in [0.25, 0.3) is 0 Å². The number of ether oxygens (including phenoxy) is 1. The predicted octanol–water partition coefficient (Wildman–Crippen LogP) is 1.84. The average molecular weight is 182 g/mol. The fourth-order valence-corrected chi connectivity index (χ4v) is 1.09. The highest BCUT2D eigenvalue weighted by molar-refractivity contribution is 5.94. The van der Waals surface area contributed by atoms with E-state index >= 15 is 0 Å². The Morgan fingerprint density at radius 3 is 2.23 bits per heavy atom. The summed E-state index contributed by atoms with van der Waals surface area (Å²) in [6.07, 6.45) is 2.11. The third kappa shape index (κ3) is 2.31. The molecule has 0 aromatic heterocycles. The summed E-state index contributed by atoms with van der Waals surface area (Å²) >= 11 is 0. The number of allylic oxidation sites excluding steroid dienone is 2. The lowest BCUT2D eigenvalue weighted by atomic mass is 10.2. The fraction of sp³-hybridized carbons (Fsp3) is 0.700. The van der Waals surface area contributed by atoms with Gasteiger partial charge in [-0.2, -0.15) is 0 Å². The molecular weight excluding hydrogens is 164 g/mol. The van der Waals surface area contributed by atoms with Gasteiger partial charge in [0.1, 0.15) is 5.76 Å². The van der Waals surface area contributed by atoms with Crippen molar-refractivity contribution in [1.29, 1.82) is 0 Å². The standard InChI is InChI=1S/C10H18N2O/c1-7(8(2)13-4)12-9(3)10(11)5-6-10/h5-6,11H2,1-4H3/b8-7-,12-9+. The van der Waals surface area contributed by atoms with Crippen LogP contribution in [0.2, 0.25) is 0 Å². The maximum Gasteiger partial charge on any atom is 0.114 e. The second-order valence-electron chi connectivity index (χ2n) is 3.70. The molecule has 1 aliphatic carbocycles. The molecule has 1 fully saturated rings. The molecule has 0 unspecified atom stereocenters. The van der Waals surface area contributed by atoms with E-state index in [0.29, 0.717) is 0 Å². The van der Waals surface area contributed by atoms with Crippen LogP contribution in [0.4, 0.5) is 0 Å². The molecule has 0 spiro atoms. The quantitative estimate of drug-likeness (QED) is 0.534. The first kappa shape index (κ1) is 10.3. The SMILES string of the molecule is CO/C(C)=C(C)\N=C(/C)C1(N)CC1. The molecule has 0 aromatic carbocycles. The summed E-state index contributed by atoms with van der Waals surface area (Å²) in [4.78, 5) is 4.43. The number of hydrogen-bond donors (Lipinski definition) is 1. The molecule has 0 heterocycles. The van der Waals surface area contributed by atoms with Crippen LogP contribution < -0.4 is 5.73 Å². The van der Waals surface area contributed by atoms with Crippen LogP contribution in [0.25, 0.3) is 0 Å². The van der Waals surface area contributed by atoms with Gasteiger partial charge in [0.2, 0.25) is 0 Å². The Labute approximate surface area is 79.7 Å². The monoisotopic (exact) mass is 182 g/mol. The van der Waals surface area contributed by atoms with Crippen molar-refractivity contribution in [3.63, 3.8) is 0 Å². The van der Waals surface area contributed by atoms with E-state index in [1.54, 1.807) is 7.11 Å². The Morgan fingerprint density at radius 2 is 1.85 bits per heavy atom. The first-order valence-electron chi connectivity index (χ1n) is 4.56. The number of rotatable bonds is 3. The van der Waals surface area contributed by atoms with Gasteiger partial charge in [0.15, 0.2) is 0 Å². The van der Waals surface area contributed by atoms with E-state index in [1.807, 2.05) is 20.8 Å². The van der Waals surface area contributed by atoms with Crippen molar-refractivity contribution in [3.05, 3.63) is 11.5 Å². The summed E-state index contributed by atoms with van der Waals surface area (Å²) in [5.74, 6) is 0.851. The van der Waals surface area contributed by atoms with Gasteiger partial charge in [-0.05, 0) is 33.6 Å². The van der Waals surface area contributed by atoms with E-state index in [0.717, 1.165) is 30.0 Å².